The van der Waals surface area contributed by atoms with E-state index < -0.39 is 17.7 Å². The lowest BCUT2D eigenvalue weighted by molar-refractivity contribution is -0.118. The van der Waals surface area contributed by atoms with E-state index in [9.17, 15) is 13.6 Å². The van der Waals surface area contributed by atoms with Crippen molar-refractivity contribution in [3.8, 4) is 0 Å². The number of amides is 1. The summed E-state index contributed by atoms with van der Waals surface area (Å²) in [6.07, 6.45) is 0.794. The van der Waals surface area contributed by atoms with Crippen molar-refractivity contribution in [2.24, 2.45) is 10.7 Å². The Balaban J connectivity index is 0.00000127. The second-order valence-corrected chi connectivity index (χ2v) is 9.46. The Morgan fingerprint density at radius 1 is 1.14 bits per heavy atom. The summed E-state index contributed by atoms with van der Waals surface area (Å²) >= 11 is 13.1. The quantitative estimate of drug-likeness (QED) is 0.300. The minimum Gasteiger partial charge on any atom is -0.370 e. The number of hydrogen-bond acceptors (Lipinski definition) is 4. The number of alkyl halides is 2. The number of nitrogens with one attached hydrogen (secondary N) is 1. The summed E-state index contributed by atoms with van der Waals surface area (Å²) in [5, 5.41) is 3.91. The van der Waals surface area contributed by atoms with Gasteiger partial charge in [-0.1, -0.05) is 73.3 Å². The van der Waals surface area contributed by atoms with Gasteiger partial charge in [0.25, 0.3) is 5.92 Å². The Hall–Kier alpha value is -2.71. The van der Waals surface area contributed by atoms with E-state index >= 15 is 0 Å². The number of rotatable bonds is 6. The maximum absolute atomic E-state index is 13.6. The molecule has 1 aliphatic heterocycles. The Morgan fingerprint density at radius 2 is 1.68 bits per heavy atom. The molecule has 1 heterocycles. The molecule has 10 heteroatoms. The van der Waals surface area contributed by atoms with Crippen molar-refractivity contribution in [1.82, 2.24) is 0 Å². The van der Waals surface area contributed by atoms with Crippen LogP contribution in [-0.2, 0) is 9.59 Å². The van der Waals surface area contributed by atoms with Crippen LogP contribution < -0.4 is 16.0 Å². The molecule has 1 amide bonds. The van der Waals surface area contributed by atoms with E-state index in [4.69, 9.17) is 33.7 Å². The summed E-state index contributed by atoms with van der Waals surface area (Å²) in [7, 11) is 1.61. The zero-order chi connectivity index (χ0) is 28.2. The summed E-state index contributed by atoms with van der Waals surface area (Å²) in [5.74, 6) is -3.03. The molecule has 2 aromatic rings. The number of nitrogens with zero attached hydrogens (tertiary/aromatic N) is 2. The van der Waals surface area contributed by atoms with Crippen LogP contribution in [0.4, 0.5) is 20.2 Å². The number of anilines is 2. The van der Waals surface area contributed by atoms with Crippen molar-refractivity contribution >= 4 is 53.1 Å². The van der Waals surface area contributed by atoms with Gasteiger partial charge in [-0.15, -0.1) is 0 Å². The minimum atomic E-state index is -2.68. The number of piperidine rings is 1. The first-order chi connectivity index (χ1) is 17.5. The molecule has 2 aromatic carbocycles. The average Bonchev–Trinajstić information content (AvgIpc) is 2.86. The lowest BCUT2D eigenvalue weighted by Crippen LogP contribution is -2.39. The lowest BCUT2D eigenvalue weighted by Gasteiger charge is -2.34. The number of halogens is 4. The van der Waals surface area contributed by atoms with E-state index in [-0.39, 0.29) is 32.4 Å². The number of carbonyl (C=O) groups is 2. The Kier molecular flexibility index (Phi) is 13.6. The molecule has 0 aliphatic carbocycles. The Morgan fingerprint density at radius 3 is 2.16 bits per heavy atom. The van der Waals surface area contributed by atoms with E-state index in [0.29, 0.717) is 27.3 Å². The second kappa shape index (κ2) is 15.5. The number of aliphatic imine (C=N–C) groups is 1. The third-order valence-corrected chi connectivity index (χ3v) is 6.28. The van der Waals surface area contributed by atoms with Crippen molar-refractivity contribution in [2.45, 2.75) is 58.3 Å². The molecule has 1 aliphatic rings. The number of benzene rings is 2. The van der Waals surface area contributed by atoms with Gasteiger partial charge in [-0.25, -0.2) is 8.78 Å². The first-order valence-corrected chi connectivity index (χ1v) is 12.8. The number of carbonyl (C=O) groups excluding carboxylic acids is 2. The third-order valence-electron chi connectivity index (χ3n) is 5.60. The highest BCUT2D eigenvalue weighted by molar-refractivity contribution is 6.41. The van der Waals surface area contributed by atoms with Crippen LogP contribution in [0.25, 0.3) is 0 Å². The van der Waals surface area contributed by atoms with Crippen LogP contribution in [0, 0.1) is 6.92 Å². The summed E-state index contributed by atoms with van der Waals surface area (Å²) in [6, 6.07) is 11.1. The molecule has 0 spiro atoms. The third kappa shape index (κ3) is 9.59. The van der Waals surface area contributed by atoms with Crippen LogP contribution in [0.2, 0.25) is 10.0 Å². The molecular weight excluding hydrogens is 521 g/mol. The van der Waals surface area contributed by atoms with Gasteiger partial charge >= 0.3 is 0 Å². The Labute approximate surface area is 228 Å². The molecule has 0 aromatic heterocycles. The van der Waals surface area contributed by atoms with Crippen molar-refractivity contribution in [3.05, 3.63) is 57.6 Å². The fourth-order valence-corrected chi connectivity index (χ4v) is 4.45. The Bertz CT molecular complexity index is 1040. The van der Waals surface area contributed by atoms with Crippen molar-refractivity contribution in [1.29, 1.82) is 0 Å². The summed E-state index contributed by atoms with van der Waals surface area (Å²) in [5.41, 5.74) is 8.50. The SMILES string of the molecule is C=O.CCC.CN=C(Nc1ccc(Cl)c(N2CCC(F)(F)CC2)c1Cl)C(CC(N)=O)c1ccc(C)cc1. The van der Waals surface area contributed by atoms with Gasteiger partial charge in [-0.3, -0.25) is 9.79 Å². The van der Waals surface area contributed by atoms with Crippen LogP contribution in [0.1, 0.15) is 56.6 Å². The van der Waals surface area contributed by atoms with Crippen LogP contribution in [0.5, 0.6) is 0 Å². The van der Waals surface area contributed by atoms with E-state index in [2.05, 4.69) is 24.2 Å². The number of primary amides is 1. The lowest BCUT2D eigenvalue weighted by atomic mass is 9.93. The van der Waals surface area contributed by atoms with Gasteiger partial charge < -0.3 is 20.7 Å². The minimum absolute atomic E-state index is 0.0575. The monoisotopic (exact) mass is 556 g/mol. The van der Waals surface area contributed by atoms with Gasteiger partial charge in [-0.2, -0.15) is 0 Å². The van der Waals surface area contributed by atoms with Crippen LogP contribution >= 0.6 is 23.2 Å². The van der Waals surface area contributed by atoms with Crippen molar-refractivity contribution in [2.75, 3.05) is 30.4 Å². The maximum Gasteiger partial charge on any atom is 0.251 e. The smallest absolute Gasteiger partial charge is 0.251 e. The van der Waals surface area contributed by atoms with Gasteiger partial charge in [0.05, 0.1) is 27.3 Å². The highest BCUT2D eigenvalue weighted by Gasteiger charge is 2.35. The molecule has 3 rings (SSSR count). The topological polar surface area (TPSA) is 87.8 Å². The summed E-state index contributed by atoms with van der Waals surface area (Å²) < 4.78 is 27.2. The zero-order valence-corrected chi connectivity index (χ0v) is 23.3. The van der Waals surface area contributed by atoms with Crippen LogP contribution in [0.3, 0.4) is 0 Å². The molecule has 1 saturated heterocycles. The fourth-order valence-electron chi connectivity index (χ4n) is 3.79. The second-order valence-electron chi connectivity index (χ2n) is 8.68. The van der Waals surface area contributed by atoms with Crippen LogP contribution in [-0.4, -0.2) is 44.6 Å². The van der Waals surface area contributed by atoms with Crippen molar-refractivity contribution < 1.29 is 18.4 Å². The van der Waals surface area contributed by atoms with Crippen molar-refractivity contribution in [3.63, 3.8) is 0 Å². The summed E-state index contributed by atoms with van der Waals surface area (Å²) in [4.78, 5) is 25.9. The molecule has 1 fully saturated rings. The largest absolute Gasteiger partial charge is 0.370 e. The predicted octanol–water partition coefficient (Wildman–Crippen LogP) is 6.87. The molecule has 6 nitrogen and oxygen atoms in total. The van der Waals surface area contributed by atoms with E-state index in [1.807, 2.05) is 38.0 Å². The normalized spacial score (nSPS) is 15.5. The predicted molar refractivity (Wildman–Crippen MR) is 151 cm³/mol. The fraction of sp³-hybridized carbons (Fsp3) is 0.444. The van der Waals surface area contributed by atoms with E-state index in [1.165, 1.54) is 6.42 Å². The van der Waals surface area contributed by atoms with Gasteiger partial charge in [0.15, 0.2) is 0 Å². The number of amidine groups is 1. The molecule has 0 bridgehead atoms. The van der Waals surface area contributed by atoms with Crippen LogP contribution in [0.15, 0.2) is 41.4 Å². The molecule has 0 radical (unpaired) electrons. The number of nitrogens with two attached hydrogens (primary N) is 1. The molecule has 3 N–H and O–H groups in total. The molecule has 0 saturated carbocycles. The molecule has 1 atom stereocenters. The molecular formula is C27H36Cl2F2N4O2. The first-order valence-electron chi connectivity index (χ1n) is 12.0. The summed E-state index contributed by atoms with van der Waals surface area (Å²) in [6.45, 7) is 8.53. The van der Waals surface area contributed by atoms with E-state index in [0.717, 1.165) is 11.1 Å². The van der Waals surface area contributed by atoms with E-state index in [1.54, 1.807) is 24.1 Å². The first kappa shape index (κ1) is 32.3. The van der Waals surface area contributed by atoms with Gasteiger partial charge in [0.2, 0.25) is 5.91 Å². The van der Waals surface area contributed by atoms with Gasteiger partial charge in [0.1, 0.15) is 12.6 Å². The highest BCUT2D eigenvalue weighted by atomic mass is 35.5. The number of hydrogen-bond donors (Lipinski definition) is 2. The average molecular weight is 558 g/mol. The molecule has 204 valence electrons. The molecule has 37 heavy (non-hydrogen) atoms. The maximum atomic E-state index is 13.6. The zero-order valence-electron chi connectivity index (χ0n) is 21.8. The number of aryl methyl sites for hydroxylation is 1. The van der Waals surface area contributed by atoms with Gasteiger partial charge in [0, 0.05) is 39.4 Å². The standard InChI is InChI=1S/C23H26Cl2F2N4O.C3H8.CH2O/c1-14-3-5-15(6-4-14)16(13-19(28)32)22(29-2)30-18-8-7-17(24)21(20(18)25)31-11-9-23(26,27)10-12-31;1-3-2;1-2/h3-8,16H,9-13H2,1-2H3,(H2,28,32)(H,29,30);3H2,1-2H3;1H2. The highest BCUT2D eigenvalue weighted by Crippen LogP contribution is 2.42. The van der Waals surface area contributed by atoms with Gasteiger partial charge in [-0.05, 0) is 24.6 Å². The molecule has 1 unspecified atom stereocenters.